The molecule has 0 unspecified atom stereocenters. The molecule has 2 aliphatic rings. The number of nitro benzene ring substituents is 1. The molecule has 1 aliphatic carbocycles. The van der Waals surface area contributed by atoms with E-state index in [2.05, 4.69) is 5.32 Å². The van der Waals surface area contributed by atoms with Crippen molar-refractivity contribution >= 4 is 46.5 Å². The Balaban J connectivity index is 1.72. The molecule has 0 bridgehead atoms. The third kappa shape index (κ3) is 3.54. The van der Waals surface area contributed by atoms with Crippen LogP contribution < -0.4 is 10.4 Å². The summed E-state index contributed by atoms with van der Waals surface area (Å²) < 4.78 is 0. The molecule has 1 aliphatic heterocycles. The van der Waals surface area contributed by atoms with E-state index in [0.717, 1.165) is 5.56 Å². The average Bonchev–Trinajstić information content (AvgIpc) is 3.03. The zero-order valence-electron chi connectivity index (χ0n) is 15.9. The smallest absolute Gasteiger partial charge is 0.282 e. The molecule has 0 spiro atoms. The summed E-state index contributed by atoms with van der Waals surface area (Å²) in [6.45, 7) is 1.47. The lowest BCUT2D eigenvalue weighted by molar-refractivity contribution is -0.387. The van der Waals surface area contributed by atoms with Crippen molar-refractivity contribution in [2.75, 3.05) is 5.32 Å². The molecule has 2 aromatic rings. The number of carboxylic acid groups (broad SMARTS) is 1. The summed E-state index contributed by atoms with van der Waals surface area (Å²) in [6, 6.07) is 10.6. The van der Waals surface area contributed by atoms with Gasteiger partial charge in [0, 0.05) is 28.5 Å². The van der Waals surface area contributed by atoms with Crippen LogP contribution in [-0.4, -0.2) is 33.3 Å². The average molecular weight is 446 g/mol. The number of thioether (sulfide) groups is 1. The summed E-state index contributed by atoms with van der Waals surface area (Å²) in [4.78, 5) is 35.1. The highest BCUT2D eigenvalue weighted by molar-refractivity contribution is 8.00. The Morgan fingerprint density at radius 1 is 1.23 bits per heavy atom. The molecule has 156 valence electrons. The molecule has 2 aromatic carbocycles. The Labute approximate surface area is 182 Å². The summed E-state index contributed by atoms with van der Waals surface area (Å²) in [7, 11) is 0. The number of hydrogen-bond acceptors (Lipinski definition) is 7. The van der Waals surface area contributed by atoms with Crippen molar-refractivity contribution in [3.8, 4) is 0 Å². The SMILES string of the molecule is CC(=O)c1ccc2c(c1)[C@@H]1[C@@H](Cl)[C@@H](Sc3ccccc3[N+](=O)[O-])C[C@@H]1[C@H](C(=O)[O-])N2. The molecule has 5 atom stereocenters. The van der Waals surface area contributed by atoms with Crippen molar-refractivity contribution in [1.82, 2.24) is 0 Å². The fraction of sp³-hybridized carbons (Fsp3) is 0.333. The number of nitro groups is 1. The van der Waals surface area contributed by atoms with Gasteiger partial charge in [0.1, 0.15) is 0 Å². The molecule has 4 rings (SSSR count). The number of anilines is 1. The van der Waals surface area contributed by atoms with Crippen molar-refractivity contribution in [1.29, 1.82) is 0 Å². The van der Waals surface area contributed by atoms with E-state index in [0.29, 0.717) is 22.6 Å². The first-order valence-corrected chi connectivity index (χ1v) is 10.8. The predicted octanol–water partition coefficient (Wildman–Crippen LogP) is 3.21. The third-order valence-electron chi connectivity index (χ3n) is 5.81. The van der Waals surface area contributed by atoms with Crippen LogP contribution in [0.2, 0.25) is 0 Å². The molecule has 1 heterocycles. The standard InChI is InChI=1S/C21H19ClN2O5S/c1-10(25)11-6-7-14-12(8-11)18-13(20(23-14)21(26)27)9-17(19(18)22)30-16-5-3-2-4-15(16)24(28)29/h2-8,13,17-20,23H,9H2,1H3,(H,26,27)/p-1/t13-,17-,18-,19-,20+/m0/s1. The highest BCUT2D eigenvalue weighted by Gasteiger charge is 2.50. The fourth-order valence-electron chi connectivity index (χ4n) is 4.44. The molecule has 0 aromatic heterocycles. The van der Waals surface area contributed by atoms with Gasteiger partial charge in [-0.1, -0.05) is 12.1 Å². The van der Waals surface area contributed by atoms with E-state index < -0.39 is 22.3 Å². The van der Waals surface area contributed by atoms with Gasteiger partial charge in [0.25, 0.3) is 5.69 Å². The molecule has 1 N–H and O–H groups in total. The molecular formula is C21H18ClN2O5S-. The molecule has 0 radical (unpaired) electrons. The maximum absolute atomic E-state index is 11.9. The number of hydrogen-bond donors (Lipinski definition) is 1. The first-order chi connectivity index (χ1) is 14.3. The van der Waals surface area contributed by atoms with Crippen molar-refractivity contribution in [2.45, 2.75) is 40.8 Å². The quantitative estimate of drug-likeness (QED) is 0.325. The van der Waals surface area contributed by atoms with Gasteiger partial charge in [0.2, 0.25) is 0 Å². The van der Waals surface area contributed by atoms with Crippen LogP contribution in [0.15, 0.2) is 47.4 Å². The minimum absolute atomic E-state index is 0.00455. The number of alkyl halides is 1. The first-order valence-electron chi connectivity index (χ1n) is 9.44. The number of carbonyl (C=O) groups is 2. The lowest BCUT2D eigenvalue weighted by Crippen LogP contribution is -2.49. The van der Waals surface area contributed by atoms with Gasteiger partial charge in [-0.05, 0) is 49.1 Å². The number of Topliss-reactive ketones (excluding diaryl/α,β-unsaturated/α-hetero) is 1. The second-order valence-electron chi connectivity index (χ2n) is 7.55. The summed E-state index contributed by atoms with van der Waals surface area (Å²) >= 11 is 8.14. The number of para-hydroxylation sites is 1. The van der Waals surface area contributed by atoms with Gasteiger partial charge in [0.15, 0.2) is 5.78 Å². The van der Waals surface area contributed by atoms with E-state index in [4.69, 9.17) is 11.6 Å². The Bertz CT molecular complexity index is 1050. The van der Waals surface area contributed by atoms with Crippen LogP contribution in [0.3, 0.4) is 0 Å². The van der Waals surface area contributed by atoms with Crippen molar-refractivity contribution in [3.63, 3.8) is 0 Å². The predicted molar refractivity (Wildman–Crippen MR) is 112 cm³/mol. The number of carbonyl (C=O) groups excluding carboxylic acids is 2. The lowest BCUT2D eigenvalue weighted by atomic mass is 9.79. The van der Waals surface area contributed by atoms with Gasteiger partial charge in [-0.25, -0.2) is 0 Å². The zero-order valence-corrected chi connectivity index (χ0v) is 17.5. The van der Waals surface area contributed by atoms with E-state index in [1.165, 1.54) is 24.8 Å². The van der Waals surface area contributed by atoms with Crippen LogP contribution in [-0.2, 0) is 4.79 Å². The van der Waals surface area contributed by atoms with Crippen LogP contribution >= 0.6 is 23.4 Å². The number of nitrogens with zero attached hydrogens (tertiary/aromatic N) is 1. The minimum Gasteiger partial charge on any atom is -0.548 e. The summed E-state index contributed by atoms with van der Waals surface area (Å²) in [5.41, 5.74) is 1.95. The molecule has 7 nitrogen and oxygen atoms in total. The number of fused-ring (bicyclic) bond motifs is 3. The molecule has 9 heteroatoms. The third-order valence-corrected chi connectivity index (χ3v) is 7.93. The largest absolute Gasteiger partial charge is 0.548 e. The van der Waals surface area contributed by atoms with Gasteiger partial charge in [0.05, 0.1) is 27.2 Å². The molecule has 1 fully saturated rings. The molecule has 30 heavy (non-hydrogen) atoms. The molecular weight excluding hydrogens is 428 g/mol. The van der Waals surface area contributed by atoms with Gasteiger partial charge < -0.3 is 15.2 Å². The minimum atomic E-state index is -1.22. The van der Waals surface area contributed by atoms with Crippen LogP contribution in [0.4, 0.5) is 11.4 Å². The van der Waals surface area contributed by atoms with Crippen LogP contribution in [0.25, 0.3) is 0 Å². The van der Waals surface area contributed by atoms with Crippen LogP contribution in [0.5, 0.6) is 0 Å². The normalized spacial score (nSPS) is 26.9. The van der Waals surface area contributed by atoms with Crippen molar-refractivity contribution in [3.05, 3.63) is 63.7 Å². The van der Waals surface area contributed by atoms with Gasteiger partial charge in [-0.15, -0.1) is 23.4 Å². The van der Waals surface area contributed by atoms with Gasteiger partial charge in [-0.3, -0.25) is 14.9 Å². The Hall–Kier alpha value is -2.58. The second kappa shape index (κ2) is 7.92. The maximum Gasteiger partial charge on any atom is 0.282 e. The van der Waals surface area contributed by atoms with E-state index in [1.807, 2.05) is 0 Å². The van der Waals surface area contributed by atoms with E-state index in [-0.39, 0.29) is 28.6 Å². The summed E-state index contributed by atoms with van der Waals surface area (Å²) in [6.07, 6.45) is 0.449. The number of ketones is 1. The van der Waals surface area contributed by atoms with Crippen molar-refractivity contribution in [2.24, 2.45) is 5.92 Å². The number of benzene rings is 2. The highest BCUT2D eigenvalue weighted by Crippen LogP contribution is 2.55. The van der Waals surface area contributed by atoms with Crippen LogP contribution in [0, 0.1) is 16.0 Å². The number of carboxylic acids is 1. The van der Waals surface area contributed by atoms with Crippen LogP contribution in [0.1, 0.15) is 35.2 Å². The first kappa shape index (κ1) is 20.7. The Kier molecular flexibility index (Phi) is 5.46. The maximum atomic E-state index is 11.9. The Morgan fingerprint density at radius 2 is 1.97 bits per heavy atom. The van der Waals surface area contributed by atoms with E-state index in [1.54, 1.807) is 36.4 Å². The fourth-order valence-corrected chi connectivity index (χ4v) is 6.38. The number of halogens is 1. The molecule has 0 amide bonds. The summed E-state index contributed by atoms with van der Waals surface area (Å²) in [5.74, 6) is -1.98. The van der Waals surface area contributed by atoms with E-state index >= 15 is 0 Å². The highest BCUT2D eigenvalue weighted by atomic mass is 35.5. The number of aliphatic carboxylic acids is 1. The zero-order chi connectivity index (χ0) is 21.6. The topological polar surface area (TPSA) is 112 Å². The Morgan fingerprint density at radius 3 is 2.63 bits per heavy atom. The molecule has 0 saturated heterocycles. The number of nitrogens with one attached hydrogen (secondary N) is 1. The van der Waals surface area contributed by atoms with Gasteiger partial charge >= 0.3 is 0 Å². The second-order valence-corrected chi connectivity index (χ2v) is 9.34. The van der Waals surface area contributed by atoms with Crippen molar-refractivity contribution < 1.29 is 19.6 Å². The van der Waals surface area contributed by atoms with Gasteiger partial charge in [-0.2, -0.15) is 0 Å². The molecule has 1 saturated carbocycles. The number of rotatable bonds is 5. The van der Waals surface area contributed by atoms with E-state index in [9.17, 15) is 24.8 Å². The lowest BCUT2D eigenvalue weighted by Gasteiger charge is -2.38. The summed E-state index contributed by atoms with van der Waals surface area (Å²) in [5, 5.41) is 25.5. The monoisotopic (exact) mass is 445 g/mol.